The van der Waals surface area contributed by atoms with Crippen molar-refractivity contribution in [2.45, 2.75) is 68.1 Å². The predicted molar refractivity (Wildman–Crippen MR) is 98.6 cm³/mol. The van der Waals surface area contributed by atoms with Crippen LogP contribution in [0.2, 0.25) is 0 Å². The second-order valence-electron chi connectivity index (χ2n) is 6.53. The highest BCUT2D eigenvalue weighted by Crippen LogP contribution is 2.35. The first-order chi connectivity index (χ1) is 11.5. The van der Waals surface area contributed by atoms with Gasteiger partial charge in [-0.05, 0) is 52.0 Å². The number of carbonyl (C=O) groups excluding carboxylic acids is 1. The molecule has 1 saturated carbocycles. The van der Waals surface area contributed by atoms with Crippen LogP contribution in [-0.4, -0.2) is 32.0 Å². The number of carbonyl (C=O) groups is 1. The minimum Gasteiger partial charge on any atom is -0.352 e. The molecule has 1 N–H and O–H groups in total. The Morgan fingerprint density at radius 2 is 2.12 bits per heavy atom. The van der Waals surface area contributed by atoms with Crippen molar-refractivity contribution < 1.29 is 4.79 Å². The molecule has 1 unspecified atom stereocenters. The van der Waals surface area contributed by atoms with Crippen LogP contribution in [-0.2, 0) is 4.79 Å². The number of rotatable bonds is 5. The zero-order chi connectivity index (χ0) is 17.1. The highest BCUT2D eigenvalue weighted by Gasteiger charge is 2.25. The molecule has 0 bridgehead atoms. The van der Waals surface area contributed by atoms with Gasteiger partial charge in [-0.1, -0.05) is 11.8 Å². The zero-order valence-electron chi connectivity index (χ0n) is 14.4. The molecule has 2 heterocycles. The number of nitrogens with zero attached hydrogens (tertiary/aromatic N) is 3. The molecule has 1 fully saturated rings. The molecule has 0 aliphatic heterocycles. The van der Waals surface area contributed by atoms with Crippen molar-refractivity contribution in [1.29, 1.82) is 0 Å². The van der Waals surface area contributed by atoms with Crippen LogP contribution in [0, 0.1) is 13.8 Å². The molecule has 7 heteroatoms. The first-order valence-electron chi connectivity index (χ1n) is 8.41. The Kier molecular flexibility index (Phi) is 5.61. The fourth-order valence-corrected chi connectivity index (χ4v) is 5.23. The third-order valence-corrected chi connectivity index (χ3v) is 6.82. The van der Waals surface area contributed by atoms with Gasteiger partial charge in [-0.3, -0.25) is 9.48 Å². The molecule has 1 aliphatic carbocycles. The summed E-state index contributed by atoms with van der Waals surface area (Å²) in [6.45, 7) is 5.92. The van der Waals surface area contributed by atoms with E-state index in [4.69, 9.17) is 0 Å². The van der Waals surface area contributed by atoms with Crippen LogP contribution in [0.4, 0.5) is 0 Å². The van der Waals surface area contributed by atoms with Crippen LogP contribution in [0.1, 0.15) is 49.9 Å². The van der Waals surface area contributed by atoms with Gasteiger partial charge >= 0.3 is 0 Å². The second kappa shape index (κ2) is 7.70. The van der Waals surface area contributed by atoms with E-state index in [9.17, 15) is 4.79 Å². The molecule has 130 valence electrons. The Labute approximate surface area is 151 Å². The van der Waals surface area contributed by atoms with Gasteiger partial charge in [0, 0.05) is 28.6 Å². The van der Waals surface area contributed by atoms with Crippen molar-refractivity contribution in [3.05, 3.63) is 29.0 Å². The molecule has 2 aromatic rings. The van der Waals surface area contributed by atoms with Crippen molar-refractivity contribution in [2.75, 3.05) is 0 Å². The van der Waals surface area contributed by atoms with E-state index in [1.54, 1.807) is 22.2 Å². The first-order valence-corrected chi connectivity index (χ1v) is 10.2. The van der Waals surface area contributed by atoms with E-state index in [-0.39, 0.29) is 18.0 Å². The summed E-state index contributed by atoms with van der Waals surface area (Å²) >= 11 is 3.62. The molecule has 5 nitrogen and oxygen atoms in total. The first kappa shape index (κ1) is 17.5. The lowest BCUT2D eigenvalue weighted by Gasteiger charge is -2.29. The molecule has 0 spiro atoms. The van der Waals surface area contributed by atoms with Gasteiger partial charge in [0.05, 0.1) is 6.20 Å². The quantitative estimate of drug-likeness (QED) is 0.878. The third kappa shape index (κ3) is 4.39. The minimum atomic E-state index is -0.260. The monoisotopic (exact) mass is 364 g/mol. The van der Waals surface area contributed by atoms with Gasteiger partial charge < -0.3 is 5.32 Å². The topological polar surface area (TPSA) is 59.8 Å². The van der Waals surface area contributed by atoms with Gasteiger partial charge in [0.15, 0.2) is 0 Å². The maximum Gasteiger partial charge on any atom is 0.244 e. The van der Waals surface area contributed by atoms with E-state index in [1.165, 1.54) is 4.34 Å². The van der Waals surface area contributed by atoms with Crippen molar-refractivity contribution >= 4 is 29.0 Å². The van der Waals surface area contributed by atoms with Crippen LogP contribution in [0.15, 0.2) is 22.1 Å². The number of aromatic nitrogens is 3. The van der Waals surface area contributed by atoms with E-state index in [2.05, 4.69) is 20.8 Å². The summed E-state index contributed by atoms with van der Waals surface area (Å²) in [5, 5.41) is 10.2. The van der Waals surface area contributed by atoms with E-state index < -0.39 is 0 Å². The maximum absolute atomic E-state index is 12.4. The van der Waals surface area contributed by atoms with E-state index >= 15 is 0 Å². The van der Waals surface area contributed by atoms with Crippen LogP contribution < -0.4 is 5.32 Å². The molecule has 2 aromatic heterocycles. The van der Waals surface area contributed by atoms with Gasteiger partial charge in [0.25, 0.3) is 0 Å². The van der Waals surface area contributed by atoms with Crippen LogP contribution >= 0.6 is 23.1 Å². The highest BCUT2D eigenvalue weighted by molar-refractivity contribution is 8.01. The number of hydrogen-bond donors (Lipinski definition) is 1. The number of amides is 1. The SMILES string of the molecule is Cc1cnn(C(C)C(=O)NC2CCC(Sc3nc(C)cs3)CC2)c1. The third-order valence-electron chi connectivity index (χ3n) is 4.39. The van der Waals surface area contributed by atoms with E-state index in [1.807, 2.05) is 38.7 Å². The Morgan fingerprint density at radius 3 is 2.71 bits per heavy atom. The molecule has 0 saturated heterocycles. The van der Waals surface area contributed by atoms with E-state index in [0.717, 1.165) is 36.9 Å². The summed E-state index contributed by atoms with van der Waals surface area (Å²) in [6.07, 6.45) is 8.03. The number of aryl methyl sites for hydroxylation is 2. The van der Waals surface area contributed by atoms with Gasteiger partial charge in [-0.15, -0.1) is 11.3 Å². The standard InChI is InChI=1S/C17H24N4OS2/c1-11-8-18-21(9-11)13(3)16(22)20-14-4-6-15(7-5-14)24-17-19-12(2)10-23-17/h8-10,13-15H,4-7H2,1-3H3,(H,20,22). The number of thiazole rings is 1. The molecular formula is C17H24N4OS2. The second-order valence-corrected chi connectivity index (χ2v) is 8.93. The number of hydrogen-bond acceptors (Lipinski definition) is 5. The van der Waals surface area contributed by atoms with Crippen LogP contribution in [0.3, 0.4) is 0 Å². The van der Waals surface area contributed by atoms with Gasteiger partial charge in [0.2, 0.25) is 5.91 Å². The number of nitrogens with one attached hydrogen (secondary N) is 1. The van der Waals surface area contributed by atoms with E-state index in [0.29, 0.717) is 5.25 Å². The largest absolute Gasteiger partial charge is 0.352 e. The Balaban J connectivity index is 1.45. The summed E-state index contributed by atoms with van der Waals surface area (Å²) in [4.78, 5) is 16.9. The fraction of sp³-hybridized carbons (Fsp3) is 0.588. The maximum atomic E-state index is 12.4. The summed E-state index contributed by atoms with van der Waals surface area (Å²) in [7, 11) is 0. The average molecular weight is 365 g/mol. The van der Waals surface area contributed by atoms with Crippen molar-refractivity contribution in [2.24, 2.45) is 0 Å². The predicted octanol–water partition coefficient (Wildman–Crippen LogP) is 3.74. The lowest BCUT2D eigenvalue weighted by molar-refractivity contribution is -0.125. The molecule has 0 radical (unpaired) electrons. The Bertz CT molecular complexity index is 688. The molecular weight excluding hydrogens is 340 g/mol. The minimum absolute atomic E-state index is 0.0600. The smallest absolute Gasteiger partial charge is 0.244 e. The highest BCUT2D eigenvalue weighted by atomic mass is 32.2. The normalized spacial score (nSPS) is 22.3. The van der Waals surface area contributed by atoms with Crippen molar-refractivity contribution in [3.8, 4) is 0 Å². The Hall–Kier alpha value is -1.34. The van der Waals surface area contributed by atoms with Gasteiger partial charge in [-0.2, -0.15) is 5.10 Å². The van der Waals surface area contributed by atoms with Crippen LogP contribution in [0.5, 0.6) is 0 Å². The summed E-state index contributed by atoms with van der Waals surface area (Å²) in [5.41, 5.74) is 2.18. The molecule has 24 heavy (non-hydrogen) atoms. The summed E-state index contributed by atoms with van der Waals surface area (Å²) in [5.74, 6) is 0.0600. The van der Waals surface area contributed by atoms with Crippen LogP contribution in [0.25, 0.3) is 0 Å². The van der Waals surface area contributed by atoms with Gasteiger partial charge in [0.1, 0.15) is 10.4 Å². The lowest BCUT2D eigenvalue weighted by atomic mass is 9.95. The van der Waals surface area contributed by atoms with Gasteiger partial charge in [-0.25, -0.2) is 4.98 Å². The molecule has 3 rings (SSSR count). The van der Waals surface area contributed by atoms with Crippen molar-refractivity contribution in [3.63, 3.8) is 0 Å². The molecule has 1 amide bonds. The Morgan fingerprint density at radius 1 is 1.38 bits per heavy atom. The molecule has 1 aliphatic rings. The zero-order valence-corrected chi connectivity index (χ0v) is 16.0. The number of thioether (sulfide) groups is 1. The molecule has 0 aromatic carbocycles. The fourth-order valence-electron chi connectivity index (χ4n) is 2.94. The van der Waals surface area contributed by atoms with Crippen molar-refractivity contribution in [1.82, 2.24) is 20.1 Å². The lowest BCUT2D eigenvalue weighted by Crippen LogP contribution is -2.41. The molecule has 1 atom stereocenters. The summed E-state index contributed by atoms with van der Waals surface area (Å²) < 4.78 is 2.90. The summed E-state index contributed by atoms with van der Waals surface area (Å²) in [6, 6.07) is 0.0237. The average Bonchev–Trinajstić information content (AvgIpc) is 3.17.